The van der Waals surface area contributed by atoms with E-state index in [1.54, 1.807) is 0 Å². The predicted octanol–water partition coefficient (Wildman–Crippen LogP) is 3.54. The van der Waals surface area contributed by atoms with Gasteiger partial charge in [-0.05, 0) is 20.3 Å². The van der Waals surface area contributed by atoms with Crippen LogP contribution in [0, 0.1) is 21.7 Å². The van der Waals surface area contributed by atoms with Crippen LogP contribution in [0.25, 0.3) is 0 Å². The van der Waals surface area contributed by atoms with Gasteiger partial charge in [-0.1, -0.05) is 13.3 Å². The first-order valence-corrected chi connectivity index (χ1v) is 6.14. The number of halogens is 2. The second-order valence-corrected chi connectivity index (χ2v) is 5.14. The molecule has 0 aromatic heterocycles. The minimum absolute atomic E-state index is 0.0947. The Hall–Kier alpha value is -1.56. The highest BCUT2D eigenvalue weighted by atomic mass is 19.1. The monoisotopic (exact) mass is 272 g/mol. The summed E-state index contributed by atoms with van der Waals surface area (Å²) in [5.41, 5.74) is -0.812. The van der Waals surface area contributed by atoms with Crippen LogP contribution in [0.2, 0.25) is 0 Å². The Kier molecular flexibility index (Phi) is 4.94. The van der Waals surface area contributed by atoms with Crippen LogP contribution < -0.4 is 5.32 Å². The lowest BCUT2D eigenvalue weighted by Crippen LogP contribution is -2.38. The molecule has 0 saturated carbocycles. The summed E-state index contributed by atoms with van der Waals surface area (Å²) in [6.45, 7) is 6.09. The minimum Gasteiger partial charge on any atom is -0.308 e. The van der Waals surface area contributed by atoms with E-state index in [2.05, 4.69) is 5.32 Å². The molecular weight excluding hydrogens is 254 g/mol. The molecule has 1 aromatic rings. The fraction of sp³-hybridized carbons (Fsp3) is 0.538. The van der Waals surface area contributed by atoms with Crippen LogP contribution in [-0.2, 0) is 6.54 Å². The van der Waals surface area contributed by atoms with Crippen LogP contribution in [0.3, 0.4) is 0 Å². The van der Waals surface area contributed by atoms with Crippen LogP contribution in [0.4, 0.5) is 14.5 Å². The quantitative estimate of drug-likeness (QED) is 0.636. The fourth-order valence-corrected chi connectivity index (χ4v) is 1.90. The molecule has 19 heavy (non-hydrogen) atoms. The number of nitrogens with one attached hydrogen (secondary N) is 1. The summed E-state index contributed by atoms with van der Waals surface area (Å²) in [5.74, 6) is -1.93. The SMILES string of the molecule is CCCC(C)(C)NCc1cc([N+](=O)[O-])c(F)cc1F. The number of nitro benzene ring substituents is 1. The van der Waals surface area contributed by atoms with Gasteiger partial charge in [0.05, 0.1) is 4.92 Å². The van der Waals surface area contributed by atoms with E-state index >= 15 is 0 Å². The second-order valence-electron chi connectivity index (χ2n) is 5.14. The molecule has 0 unspecified atom stereocenters. The van der Waals surface area contributed by atoms with Crippen LogP contribution in [0.5, 0.6) is 0 Å². The third-order valence-electron chi connectivity index (χ3n) is 2.94. The highest BCUT2D eigenvalue weighted by Crippen LogP contribution is 2.22. The molecule has 0 radical (unpaired) electrons. The highest BCUT2D eigenvalue weighted by molar-refractivity contribution is 5.37. The van der Waals surface area contributed by atoms with E-state index < -0.39 is 22.2 Å². The van der Waals surface area contributed by atoms with Crippen LogP contribution in [-0.4, -0.2) is 10.5 Å². The minimum atomic E-state index is -1.15. The van der Waals surface area contributed by atoms with E-state index in [9.17, 15) is 18.9 Å². The molecule has 4 nitrogen and oxygen atoms in total. The fourth-order valence-electron chi connectivity index (χ4n) is 1.90. The largest absolute Gasteiger partial charge is 0.308 e. The van der Waals surface area contributed by atoms with Gasteiger partial charge in [-0.3, -0.25) is 10.1 Å². The van der Waals surface area contributed by atoms with E-state index in [0.29, 0.717) is 6.07 Å². The van der Waals surface area contributed by atoms with E-state index in [1.165, 1.54) is 0 Å². The first kappa shape index (κ1) is 15.5. The zero-order valence-electron chi connectivity index (χ0n) is 11.3. The van der Waals surface area contributed by atoms with Gasteiger partial charge in [0.15, 0.2) is 0 Å². The van der Waals surface area contributed by atoms with Gasteiger partial charge in [-0.25, -0.2) is 4.39 Å². The van der Waals surface area contributed by atoms with Gasteiger partial charge in [0.25, 0.3) is 0 Å². The van der Waals surface area contributed by atoms with Gasteiger partial charge in [0.2, 0.25) is 5.82 Å². The van der Waals surface area contributed by atoms with Crippen molar-refractivity contribution < 1.29 is 13.7 Å². The average Bonchev–Trinajstić information content (AvgIpc) is 2.27. The second kappa shape index (κ2) is 6.06. The predicted molar refractivity (Wildman–Crippen MR) is 68.8 cm³/mol. The number of rotatable bonds is 6. The lowest BCUT2D eigenvalue weighted by Gasteiger charge is -2.26. The molecule has 0 heterocycles. The number of hydrogen-bond acceptors (Lipinski definition) is 3. The summed E-state index contributed by atoms with van der Waals surface area (Å²) in [6.07, 6.45) is 1.85. The Labute approximate surface area is 111 Å². The van der Waals surface area contributed by atoms with E-state index in [4.69, 9.17) is 0 Å². The standard InChI is InChI=1S/C13H18F2N2O2/c1-4-5-13(2,3)16-8-9-6-12(17(18)19)11(15)7-10(9)14/h6-7,16H,4-5,8H2,1-3H3. The molecule has 1 aromatic carbocycles. The Morgan fingerprint density at radius 3 is 2.47 bits per heavy atom. The molecule has 106 valence electrons. The Bertz CT molecular complexity index is 476. The average molecular weight is 272 g/mol. The lowest BCUT2D eigenvalue weighted by atomic mass is 9.98. The van der Waals surface area contributed by atoms with Crippen molar-refractivity contribution in [1.82, 2.24) is 5.32 Å². The smallest absolute Gasteiger partial charge is 0.305 e. The topological polar surface area (TPSA) is 55.2 Å². The van der Waals surface area contributed by atoms with Gasteiger partial charge < -0.3 is 5.32 Å². The molecule has 0 fully saturated rings. The first-order chi connectivity index (χ1) is 8.76. The normalized spacial score (nSPS) is 11.6. The Morgan fingerprint density at radius 2 is 1.95 bits per heavy atom. The third kappa shape index (κ3) is 4.24. The van der Waals surface area contributed by atoms with Crippen molar-refractivity contribution in [2.45, 2.75) is 45.7 Å². The molecule has 1 N–H and O–H groups in total. The van der Waals surface area contributed by atoms with Gasteiger partial charge in [0, 0.05) is 29.8 Å². The number of nitro groups is 1. The molecule has 6 heteroatoms. The Morgan fingerprint density at radius 1 is 1.32 bits per heavy atom. The summed E-state index contributed by atoms with van der Waals surface area (Å²) in [7, 11) is 0. The zero-order chi connectivity index (χ0) is 14.6. The van der Waals surface area contributed by atoms with Gasteiger partial charge in [-0.2, -0.15) is 4.39 Å². The molecule has 0 aliphatic heterocycles. The number of hydrogen-bond donors (Lipinski definition) is 1. The van der Waals surface area contributed by atoms with Gasteiger partial charge in [0.1, 0.15) is 5.82 Å². The van der Waals surface area contributed by atoms with Gasteiger partial charge in [-0.15, -0.1) is 0 Å². The maximum Gasteiger partial charge on any atom is 0.305 e. The molecule has 0 amide bonds. The summed E-state index contributed by atoms with van der Waals surface area (Å²) in [6, 6.07) is 1.50. The van der Waals surface area contributed by atoms with Crippen LogP contribution in [0.15, 0.2) is 12.1 Å². The summed E-state index contributed by atoms with van der Waals surface area (Å²) >= 11 is 0. The molecule has 0 spiro atoms. The van der Waals surface area contributed by atoms with E-state index in [1.807, 2.05) is 20.8 Å². The molecule has 0 bridgehead atoms. The van der Waals surface area contributed by atoms with Crippen molar-refractivity contribution in [1.29, 1.82) is 0 Å². The molecule has 0 atom stereocenters. The lowest BCUT2D eigenvalue weighted by molar-refractivity contribution is -0.387. The van der Waals surface area contributed by atoms with Crippen molar-refractivity contribution in [3.05, 3.63) is 39.4 Å². The summed E-state index contributed by atoms with van der Waals surface area (Å²) in [5, 5.41) is 13.7. The van der Waals surface area contributed by atoms with Crippen molar-refractivity contribution in [3.63, 3.8) is 0 Å². The molecule has 0 saturated heterocycles. The molecule has 0 aliphatic carbocycles. The van der Waals surface area contributed by atoms with Crippen molar-refractivity contribution >= 4 is 5.69 Å². The summed E-state index contributed by atoms with van der Waals surface area (Å²) in [4.78, 5) is 9.76. The summed E-state index contributed by atoms with van der Waals surface area (Å²) < 4.78 is 26.7. The number of benzene rings is 1. The van der Waals surface area contributed by atoms with Crippen LogP contribution in [0.1, 0.15) is 39.2 Å². The van der Waals surface area contributed by atoms with Crippen LogP contribution >= 0.6 is 0 Å². The molecule has 1 rings (SSSR count). The van der Waals surface area contributed by atoms with Crippen molar-refractivity contribution in [2.24, 2.45) is 0 Å². The highest BCUT2D eigenvalue weighted by Gasteiger charge is 2.20. The van der Waals surface area contributed by atoms with Gasteiger partial charge >= 0.3 is 5.69 Å². The molecule has 0 aliphatic rings. The maximum absolute atomic E-state index is 13.6. The number of nitrogens with zero attached hydrogens (tertiary/aromatic N) is 1. The van der Waals surface area contributed by atoms with E-state index in [-0.39, 0.29) is 17.6 Å². The van der Waals surface area contributed by atoms with E-state index in [0.717, 1.165) is 18.9 Å². The van der Waals surface area contributed by atoms with Crippen molar-refractivity contribution in [3.8, 4) is 0 Å². The first-order valence-electron chi connectivity index (χ1n) is 6.14. The zero-order valence-corrected chi connectivity index (χ0v) is 11.3. The maximum atomic E-state index is 13.6. The Balaban J connectivity index is 2.90. The third-order valence-corrected chi connectivity index (χ3v) is 2.94. The van der Waals surface area contributed by atoms with Crippen molar-refractivity contribution in [2.75, 3.05) is 0 Å². The molecular formula is C13H18F2N2O2.